The maximum atomic E-state index is 11.9. The van der Waals surface area contributed by atoms with E-state index in [0.717, 1.165) is 34.0 Å². The van der Waals surface area contributed by atoms with Gasteiger partial charge in [-0.15, -0.1) is 0 Å². The first kappa shape index (κ1) is 24.6. The van der Waals surface area contributed by atoms with Crippen molar-refractivity contribution in [1.82, 2.24) is 19.9 Å². The highest BCUT2D eigenvalue weighted by Gasteiger charge is 2.42. The summed E-state index contributed by atoms with van der Waals surface area (Å²) in [6, 6.07) is 19.5. The lowest BCUT2D eigenvalue weighted by Gasteiger charge is -2.28. The lowest BCUT2D eigenvalue weighted by molar-refractivity contribution is -0.119. The summed E-state index contributed by atoms with van der Waals surface area (Å²) in [4.78, 5) is 23.0. The van der Waals surface area contributed by atoms with Gasteiger partial charge in [0, 0.05) is 42.3 Å². The first-order valence-electron chi connectivity index (χ1n) is 12.0. The molecule has 2 atom stereocenters. The van der Waals surface area contributed by atoms with Crippen LogP contribution < -0.4 is 15.5 Å². The number of benzene rings is 1. The van der Waals surface area contributed by atoms with Crippen LogP contribution in [-0.4, -0.2) is 39.3 Å². The average molecular weight is 513 g/mol. The van der Waals surface area contributed by atoms with Crippen molar-refractivity contribution in [2.75, 3.05) is 23.9 Å². The number of nitrogens with zero attached hydrogens (tertiary/aromatic N) is 4. The summed E-state index contributed by atoms with van der Waals surface area (Å²) in [6.45, 7) is 4.23. The van der Waals surface area contributed by atoms with Gasteiger partial charge in [-0.05, 0) is 86.2 Å². The Labute approximate surface area is 221 Å². The summed E-state index contributed by atoms with van der Waals surface area (Å²) in [5.74, 6) is -0.204. The van der Waals surface area contributed by atoms with Crippen molar-refractivity contribution in [1.29, 1.82) is 0 Å². The number of anilines is 2. The minimum Gasteiger partial charge on any atom is -0.375 e. The number of aromatic nitrogens is 3. The maximum Gasteiger partial charge on any atom is 0.250 e. The molecule has 4 aromatic rings. The highest BCUT2D eigenvalue weighted by atomic mass is 32.1. The Bertz CT molecular complexity index is 1410. The summed E-state index contributed by atoms with van der Waals surface area (Å²) in [5, 5.41) is 6.96. The van der Waals surface area contributed by atoms with Gasteiger partial charge in [0.05, 0.1) is 29.7 Å². The number of ether oxygens (including phenoxy) is 1. The lowest BCUT2D eigenvalue weighted by Crippen LogP contribution is -2.29. The van der Waals surface area contributed by atoms with Crippen LogP contribution in [0.5, 0.6) is 0 Å². The molecular weight excluding hydrogens is 484 g/mol. The van der Waals surface area contributed by atoms with Crippen LogP contribution in [0.2, 0.25) is 0 Å². The molecule has 0 saturated carbocycles. The number of aryl methyl sites for hydroxylation is 1. The Morgan fingerprint density at radius 3 is 2.57 bits per heavy atom. The predicted octanol–water partition coefficient (Wildman–Crippen LogP) is 4.65. The summed E-state index contributed by atoms with van der Waals surface area (Å²) < 4.78 is 7.12. The van der Waals surface area contributed by atoms with E-state index in [4.69, 9.17) is 17.0 Å². The van der Waals surface area contributed by atoms with Gasteiger partial charge in [0.25, 0.3) is 0 Å². The monoisotopic (exact) mass is 512 g/mol. The molecule has 188 valence electrons. The van der Waals surface area contributed by atoms with E-state index in [-0.39, 0.29) is 24.6 Å². The van der Waals surface area contributed by atoms with Gasteiger partial charge in [0.15, 0.2) is 5.11 Å². The number of rotatable bonds is 7. The molecule has 3 aromatic heterocycles. The van der Waals surface area contributed by atoms with Crippen molar-refractivity contribution in [3.8, 4) is 5.69 Å². The number of carbonyl (C=O) groups excluding carboxylic acids is 1. The topological polar surface area (TPSA) is 84.3 Å². The van der Waals surface area contributed by atoms with Gasteiger partial charge < -0.3 is 24.8 Å². The van der Waals surface area contributed by atoms with Gasteiger partial charge in [-0.2, -0.15) is 0 Å². The van der Waals surface area contributed by atoms with Crippen LogP contribution in [0.15, 0.2) is 79.3 Å². The largest absolute Gasteiger partial charge is 0.375 e. The summed E-state index contributed by atoms with van der Waals surface area (Å²) in [6.07, 6.45) is 5.44. The van der Waals surface area contributed by atoms with Crippen LogP contribution in [0.4, 0.5) is 11.4 Å². The zero-order valence-electron chi connectivity index (χ0n) is 20.9. The molecule has 1 saturated heterocycles. The number of hydrogen-bond acceptors (Lipinski definition) is 5. The second kappa shape index (κ2) is 10.5. The van der Waals surface area contributed by atoms with Gasteiger partial charge in [-0.3, -0.25) is 14.8 Å². The quantitative estimate of drug-likeness (QED) is 0.349. The Morgan fingerprint density at radius 1 is 1.08 bits per heavy atom. The second-order valence-corrected chi connectivity index (χ2v) is 9.28. The van der Waals surface area contributed by atoms with E-state index in [1.807, 2.05) is 54.7 Å². The number of hydrogen-bond donors (Lipinski definition) is 2. The van der Waals surface area contributed by atoms with Gasteiger partial charge >= 0.3 is 0 Å². The van der Waals surface area contributed by atoms with Crippen molar-refractivity contribution in [3.05, 3.63) is 102 Å². The Morgan fingerprint density at radius 2 is 1.89 bits per heavy atom. The zero-order chi connectivity index (χ0) is 25.9. The maximum absolute atomic E-state index is 11.9. The average Bonchev–Trinajstić information content (AvgIpc) is 3.40. The SMILES string of the molecule is COCC(=O)Nc1ccc(N2C(=S)N[C@H](c3ccccn3)[C@H]2c2cc(C)n(-c3cccnc3)c2C)cc1. The van der Waals surface area contributed by atoms with E-state index < -0.39 is 0 Å². The van der Waals surface area contributed by atoms with Crippen LogP contribution in [0, 0.1) is 13.8 Å². The number of nitrogens with one attached hydrogen (secondary N) is 2. The smallest absolute Gasteiger partial charge is 0.250 e. The van der Waals surface area contributed by atoms with E-state index in [1.165, 1.54) is 7.11 Å². The molecule has 8 nitrogen and oxygen atoms in total. The van der Waals surface area contributed by atoms with Crippen molar-refractivity contribution in [2.24, 2.45) is 0 Å². The fourth-order valence-corrected chi connectivity index (χ4v) is 5.30. The lowest BCUT2D eigenvalue weighted by atomic mass is 9.96. The summed E-state index contributed by atoms with van der Waals surface area (Å²) >= 11 is 5.87. The molecule has 0 spiro atoms. The molecule has 0 unspecified atom stereocenters. The molecule has 5 rings (SSSR count). The molecule has 0 bridgehead atoms. The van der Waals surface area contributed by atoms with Gasteiger partial charge in [0.1, 0.15) is 6.61 Å². The predicted molar refractivity (Wildman–Crippen MR) is 148 cm³/mol. The first-order chi connectivity index (χ1) is 18.0. The normalized spacial score (nSPS) is 17.1. The Balaban J connectivity index is 1.57. The molecule has 0 aliphatic carbocycles. The van der Waals surface area contributed by atoms with Gasteiger partial charge in [-0.1, -0.05) is 6.07 Å². The molecule has 37 heavy (non-hydrogen) atoms. The molecule has 1 fully saturated rings. The molecule has 4 heterocycles. The number of methoxy groups -OCH3 is 1. The van der Waals surface area contributed by atoms with Crippen LogP contribution in [0.25, 0.3) is 5.69 Å². The third-order valence-corrected chi connectivity index (χ3v) is 6.81. The highest BCUT2D eigenvalue weighted by molar-refractivity contribution is 7.80. The van der Waals surface area contributed by atoms with Crippen molar-refractivity contribution in [3.63, 3.8) is 0 Å². The molecular formula is C28H28N6O2S. The third-order valence-electron chi connectivity index (χ3n) is 6.50. The molecule has 1 aromatic carbocycles. The van der Waals surface area contributed by atoms with Crippen molar-refractivity contribution >= 4 is 34.6 Å². The first-order valence-corrected chi connectivity index (χ1v) is 12.4. The number of pyridine rings is 2. The van der Waals surface area contributed by atoms with Gasteiger partial charge in [-0.25, -0.2) is 0 Å². The standard InChI is InChI=1S/C28H28N6O2S/c1-18-15-23(19(2)33(18)22-7-6-13-29-16-22)27-26(24-8-4-5-14-30-24)32-28(37)34(27)21-11-9-20(10-12-21)31-25(35)17-36-3/h4-16,26-27H,17H2,1-3H3,(H,31,35)(H,32,37)/t26-,27-/m1/s1. The summed E-state index contributed by atoms with van der Waals surface area (Å²) in [5.41, 5.74) is 6.88. The number of carbonyl (C=O) groups is 1. The highest BCUT2D eigenvalue weighted by Crippen LogP contribution is 2.43. The Kier molecular flexibility index (Phi) is 6.98. The van der Waals surface area contributed by atoms with Crippen molar-refractivity contribution < 1.29 is 9.53 Å². The molecule has 9 heteroatoms. The van der Waals surface area contributed by atoms with Crippen LogP contribution in [0.1, 0.15) is 34.7 Å². The Hall–Kier alpha value is -4.08. The molecule has 1 aliphatic heterocycles. The van der Waals surface area contributed by atoms with Crippen LogP contribution in [0.3, 0.4) is 0 Å². The molecule has 1 aliphatic rings. The third kappa shape index (κ3) is 4.83. The van der Waals surface area contributed by atoms with E-state index >= 15 is 0 Å². The minimum atomic E-state index is -0.204. The minimum absolute atomic E-state index is 0.00225. The van der Waals surface area contributed by atoms with E-state index in [1.54, 1.807) is 12.4 Å². The van der Waals surface area contributed by atoms with E-state index in [2.05, 4.69) is 56.0 Å². The second-order valence-electron chi connectivity index (χ2n) is 8.90. The number of thiocarbonyl (C=S) groups is 1. The molecule has 1 amide bonds. The fraction of sp³-hybridized carbons (Fsp3) is 0.214. The van der Waals surface area contributed by atoms with Crippen LogP contribution in [-0.2, 0) is 9.53 Å². The van der Waals surface area contributed by atoms with E-state index in [9.17, 15) is 4.79 Å². The van der Waals surface area contributed by atoms with Crippen LogP contribution >= 0.6 is 12.2 Å². The molecule has 2 N–H and O–H groups in total. The fourth-order valence-electron chi connectivity index (χ4n) is 4.95. The van der Waals surface area contributed by atoms with Crippen molar-refractivity contribution in [2.45, 2.75) is 25.9 Å². The molecule has 0 radical (unpaired) electrons. The summed E-state index contributed by atoms with van der Waals surface area (Å²) in [7, 11) is 1.49. The zero-order valence-corrected chi connectivity index (χ0v) is 21.7. The van der Waals surface area contributed by atoms with Gasteiger partial charge in [0.2, 0.25) is 5.91 Å². The number of amides is 1. The van der Waals surface area contributed by atoms with E-state index in [0.29, 0.717) is 10.8 Å².